The second kappa shape index (κ2) is 79.8. The molecule has 0 rings (SSSR count). The minimum atomic E-state index is -5.00. The van der Waals surface area contributed by atoms with Gasteiger partial charge in [-0.15, -0.1) is 0 Å². The lowest BCUT2D eigenvalue weighted by Crippen LogP contribution is -2.30. The summed E-state index contributed by atoms with van der Waals surface area (Å²) in [7, 11) is -10.00. The number of rotatable bonds is 77. The first kappa shape index (κ1) is 103. The van der Waals surface area contributed by atoms with Crippen molar-refractivity contribution in [3.05, 3.63) is 158 Å². The average molecular weight is 1550 g/mol. The number of esters is 4. The third-order valence-corrected chi connectivity index (χ3v) is 18.9. The molecule has 0 fully saturated rings. The first-order valence-electron chi connectivity index (χ1n) is 41.7. The van der Waals surface area contributed by atoms with Gasteiger partial charge >= 0.3 is 39.5 Å². The van der Waals surface area contributed by atoms with E-state index in [-0.39, 0.29) is 25.7 Å². The van der Waals surface area contributed by atoms with Crippen LogP contribution in [0.15, 0.2) is 158 Å². The Labute approximate surface area is 655 Å². The molecule has 0 amide bonds. The molecule has 0 radical (unpaired) electrons. The molecule has 19 heteroatoms. The van der Waals surface area contributed by atoms with Crippen LogP contribution in [0.3, 0.4) is 0 Å². The van der Waals surface area contributed by atoms with E-state index in [1.807, 2.05) is 0 Å². The minimum Gasteiger partial charge on any atom is -0.462 e. The molecule has 5 atom stereocenters. The van der Waals surface area contributed by atoms with Crippen LogP contribution in [-0.4, -0.2) is 96.7 Å². The van der Waals surface area contributed by atoms with Gasteiger partial charge in [-0.2, -0.15) is 0 Å². The molecule has 0 aliphatic rings. The van der Waals surface area contributed by atoms with Crippen molar-refractivity contribution < 1.29 is 80.2 Å². The maximum atomic E-state index is 13.1. The van der Waals surface area contributed by atoms with Gasteiger partial charge in [-0.1, -0.05) is 282 Å². The summed E-state index contributed by atoms with van der Waals surface area (Å²) in [4.78, 5) is 73.2. The number of aliphatic hydroxyl groups excluding tert-OH is 1. The molecule has 17 nitrogen and oxygen atoms in total. The molecule has 0 bridgehead atoms. The van der Waals surface area contributed by atoms with Crippen molar-refractivity contribution >= 4 is 39.5 Å². The van der Waals surface area contributed by atoms with Gasteiger partial charge in [-0.25, -0.2) is 9.13 Å². The monoisotopic (exact) mass is 1550 g/mol. The van der Waals surface area contributed by atoms with Crippen LogP contribution in [-0.2, 0) is 65.4 Å². The molecule has 0 aromatic heterocycles. The number of unbranched alkanes of at least 4 members (excludes halogenated alkanes) is 25. The van der Waals surface area contributed by atoms with Crippen molar-refractivity contribution in [1.82, 2.24) is 0 Å². The number of allylic oxidation sites excluding steroid dienone is 26. The average Bonchev–Trinajstić information content (AvgIpc) is 0.923. The van der Waals surface area contributed by atoms with Gasteiger partial charge in [0.15, 0.2) is 12.2 Å². The number of carbonyl (C=O) groups is 4. The highest BCUT2D eigenvalue weighted by Gasteiger charge is 2.30. The van der Waals surface area contributed by atoms with Crippen molar-refractivity contribution in [1.29, 1.82) is 0 Å². The van der Waals surface area contributed by atoms with Crippen LogP contribution in [0.4, 0.5) is 0 Å². The van der Waals surface area contributed by atoms with E-state index >= 15 is 0 Å². The molecule has 0 aliphatic heterocycles. The summed E-state index contributed by atoms with van der Waals surface area (Å²) in [6, 6.07) is 0. The predicted molar refractivity (Wildman–Crippen MR) is 445 cm³/mol. The number of ether oxygens (including phenoxy) is 4. The van der Waals surface area contributed by atoms with E-state index in [0.29, 0.717) is 32.1 Å². The number of hydrogen-bond donors (Lipinski definition) is 3. The summed E-state index contributed by atoms with van der Waals surface area (Å²) in [5, 5.41) is 10.7. The van der Waals surface area contributed by atoms with Crippen molar-refractivity contribution in [2.75, 3.05) is 39.6 Å². The van der Waals surface area contributed by atoms with Crippen LogP contribution >= 0.6 is 15.6 Å². The Balaban J connectivity index is 5.43. The van der Waals surface area contributed by atoms with Gasteiger partial charge in [0.2, 0.25) is 0 Å². The molecule has 0 saturated carbocycles. The zero-order valence-corrected chi connectivity index (χ0v) is 69.3. The van der Waals surface area contributed by atoms with Crippen molar-refractivity contribution in [2.24, 2.45) is 0 Å². The van der Waals surface area contributed by atoms with E-state index < -0.39 is 97.5 Å². The summed E-state index contributed by atoms with van der Waals surface area (Å²) in [5.74, 6) is -2.27. The van der Waals surface area contributed by atoms with Crippen LogP contribution in [0, 0.1) is 0 Å². The van der Waals surface area contributed by atoms with E-state index in [4.69, 9.17) is 37.0 Å². The van der Waals surface area contributed by atoms with Crippen LogP contribution in [0.1, 0.15) is 323 Å². The first-order valence-corrected chi connectivity index (χ1v) is 44.7. The van der Waals surface area contributed by atoms with Crippen LogP contribution in [0.5, 0.6) is 0 Å². The van der Waals surface area contributed by atoms with Gasteiger partial charge in [0.1, 0.15) is 19.3 Å². The second-order valence-corrected chi connectivity index (χ2v) is 30.2. The molecule has 3 N–H and O–H groups in total. The smallest absolute Gasteiger partial charge is 0.462 e. The van der Waals surface area contributed by atoms with Crippen LogP contribution in [0.2, 0.25) is 0 Å². The minimum absolute atomic E-state index is 0.0347. The zero-order valence-electron chi connectivity index (χ0n) is 67.5. The highest BCUT2D eigenvalue weighted by molar-refractivity contribution is 7.47. The number of phosphoric ester groups is 2. The fourth-order valence-corrected chi connectivity index (χ4v) is 12.2. The third kappa shape index (κ3) is 78.8. The Kier molecular flexibility index (Phi) is 75.8. The first-order chi connectivity index (χ1) is 52.7. The van der Waals surface area contributed by atoms with Gasteiger partial charge in [0, 0.05) is 25.7 Å². The van der Waals surface area contributed by atoms with Crippen molar-refractivity contribution in [2.45, 2.75) is 341 Å². The quantitative estimate of drug-likeness (QED) is 0.0169. The Morgan fingerprint density at radius 1 is 0.269 bits per heavy atom. The molecule has 5 unspecified atom stereocenters. The second-order valence-electron chi connectivity index (χ2n) is 27.3. The molecule has 0 saturated heterocycles. The normalized spacial score (nSPS) is 14.6. The summed E-state index contributed by atoms with van der Waals surface area (Å²) in [6.45, 7) is 4.51. The topological polar surface area (TPSA) is 237 Å². The molecule has 0 spiro atoms. The maximum Gasteiger partial charge on any atom is 0.472 e. The summed E-state index contributed by atoms with van der Waals surface area (Å²) < 4.78 is 68.7. The van der Waals surface area contributed by atoms with Crippen molar-refractivity contribution in [3.63, 3.8) is 0 Å². The highest BCUT2D eigenvalue weighted by atomic mass is 31.2. The van der Waals surface area contributed by atoms with E-state index in [0.717, 1.165) is 199 Å². The molecular weight excluding hydrogens is 1400 g/mol. The lowest BCUT2D eigenvalue weighted by Gasteiger charge is -2.21. The summed E-state index contributed by atoms with van der Waals surface area (Å²) >= 11 is 0. The van der Waals surface area contributed by atoms with E-state index in [2.05, 4.69) is 186 Å². The van der Waals surface area contributed by atoms with Gasteiger partial charge < -0.3 is 33.8 Å². The van der Waals surface area contributed by atoms with Gasteiger partial charge in [-0.3, -0.25) is 37.3 Å². The van der Waals surface area contributed by atoms with Crippen molar-refractivity contribution in [3.8, 4) is 0 Å². The highest BCUT2D eigenvalue weighted by Crippen LogP contribution is 2.45. The number of hydrogen-bond acceptors (Lipinski definition) is 15. The SMILES string of the molecule is CC/C=C\C/C=C\C/C=C\C/C=C\CCCCCCCCC(=O)OCC(COP(=O)(O)OCC(O)COP(=O)(O)OCC(COC(=O)CCCCCCCC/C=C\C/C=C\C/C=C\CCCCC)OC(=O)CCCC/C=C\C/C=C\C/C=C\C/C=C\CC)OC(=O)CCCCCCC/C=C\C/C=C\CCCCC. The zero-order chi connectivity index (χ0) is 78.9. The Hall–Kier alpha value is -5.32. The third-order valence-electron chi connectivity index (χ3n) is 17.0. The Morgan fingerprint density at radius 2 is 0.481 bits per heavy atom. The molecule has 108 heavy (non-hydrogen) atoms. The Bertz CT molecular complexity index is 2660. The summed E-state index contributed by atoms with van der Waals surface area (Å²) in [6.07, 6.45) is 93.5. The van der Waals surface area contributed by atoms with Gasteiger partial charge in [0.25, 0.3) is 0 Å². The largest absolute Gasteiger partial charge is 0.472 e. The molecule has 0 aromatic rings. The summed E-state index contributed by atoms with van der Waals surface area (Å²) in [5.41, 5.74) is 0. The number of aliphatic hydroxyl groups is 1. The predicted octanol–water partition coefficient (Wildman–Crippen LogP) is 24.8. The number of carbonyl (C=O) groups excluding carboxylic acids is 4. The lowest BCUT2D eigenvalue weighted by molar-refractivity contribution is -0.161. The van der Waals surface area contributed by atoms with Crippen LogP contribution in [0.25, 0.3) is 0 Å². The Morgan fingerprint density at radius 3 is 0.759 bits per heavy atom. The van der Waals surface area contributed by atoms with E-state index in [9.17, 15) is 43.2 Å². The lowest BCUT2D eigenvalue weighted by atomic mass is 10.1. The fraction of sp³-hybridized carbons (Fsp3) is 0.663. The molecule has 0 aromatic carbocycles. The standard InChI is InChI=1S/C89H148O17P2/c1-5-9-13-17-21-25-29-33-37-39-41-43-47-49-53-57-61-65-69-73-86(91)99-79-84(105-88(93)75-71-67-63-59-55-51-45-35-31-27-23-19-15-11-7-3)81-103-107(95,96)101-77-83(90)78-102-108(97,98)104-82-85(106-89(94)76-72-68-64-60-56-52-46-36-32-28-24-20-16-12-8-4)80-100-87(92)74-70-66-62-58-54-50-48-44-42-40-38-34-30-26-22-18-14-10-6-2/h9,12-13,16,21-28,33-38,41-46,56,60,83-85,90H,5-8,10-11,14-15,17-20,29-32,39-40,47-55,57-59,61-82H2,1-4H3,(H,95,96)(H,97,98)/b13-9-,16-12-,25-21-,26-22-,27-23-,28-24-,37-33-,38-34-,43-41-,44-42-,45-35-,46-36-,60-56-. The van der Waals surface area contributed by atoms with Gasteiger partial charge in [0.05, 0.1) is 26.4 Å². The molecule has 0 heterocycles. The maximum absolute atomic E-state index is 13.1. The fourth-order valence-electron chi connectivity index (χ4n) is 10.7. The van der Waals surface area contributed by atoms with E-state index in [1.165, 1.54) is 38.5 Å². The van der Waals surface area contributed by atoms with Crippen LogP contribution < -0.4 is 0 Å². The number of phosphoric acid groups is 2. The van der Waals surface area contributed by atoms with E-state index in [1.54, 1.807) is 0 Å². The molecule has 0 aliphatic carbocycles. The molecule has 616 valence electrons. The van der Waals surface area contributed by atoms with Gasteiger partial charge in [-0.05, 0) is 173 Å². The molecular formula is C89H148O17P2.